The second-order valence-corrected chi connectivity index (χ2v) is 4.50. The Kier molecular flexibility index (Phi) is 5.33. The van der Waals surface area contributed by atoms with E-state index in [-0.39, 0.29) is 5.43 Å². The third-order valence-electron chi connectivity index (χ3n) is 3.17. The summed E-state index contributed by atoms with van der Waals surface area (Å²) in [6.07, 6.45) is 11.9. The maximum atomic E-state index is 12.1. The lowest BCUT2D eigenvalue weighted by Crippen LogP contribution is -2.01. The van der Waals surface area contributed by atoms with Gasteiger partial charge in [0.05, 0.1) is 5.39 Å². The maximum Gasteiger partial charge on any atom is 0.193 e. The van der Waals surface area contributed by atoms with Crippen LogP contribution in [0, 0.1) is 0 Å². The number of fused-ring (bicyclic) bond motifs is 1. The molecule has 1 aliphatic carbocycles. The second kappa shape index (κ2) is 7.44. The van der Waals surface area contributed by atoms with Crippen molar-refractivity contribution < 1.29 is 4.42 Å². The molecule has 1 aromatic heterocycles. The summed E-state index contributed by atoms with van der Waals surface area (Å²) in [5.74, 6) is 0.670. The van der Waals surface area contributed by atoms with Gasteiger partial charge >= 0.3 is 0 Å². The highest BCUT2D eigenvalue weighted by atomic mass is 16.3. The number of hydrogen-bond acceptors (Lipinski definition) is 2. The molecule has 0 saturated heterocycles. The second-order valence-electron chi connectivity index (χ2n) is 4.50. The standard InChI is InChI=1S/C17H14O2.C2H6/c18-15-12-17(13-8-4-2-1-3-5-9-13)19-16-11-7-6-10-14(15)16;1-2/h1-4,6-7,9-12H,5,8H2;1-2H3/b3-1-,4-2?,13-9+;. The van der Waals surface area contributed by atoms with Crippen molar-refractivity contribution in [1.82, 2.24) is 0 Å². The van der Waals surface area contributed by atoms with Crippen molar-refractivity contribution in [3.8, 4) is 0 Å². The minimum absolute atomic E-state index is 0.0133. The molecule has 0 spiro atoms. The Morgan fingerprint density at radius 1 is 1.05 bits per heavy atom. The summed E-state index contributed by atoms with van der Waals surface area (Å²) < 4.78 is 5.85. The molecule has 2 heteroatoms. The summed E-state index contributed by atoms with van der Waals surface area (Å²) in [5.41, 5.74) is 1.72. The van der Waals surface area contributed by atoms with Crippen LogP contribution in [0.25, 0.3) is 16.5 Å². The average Bonchev–Trinajstić information content (AvgIpc) is 2.49. The molecule has 1 aliphatic rings. The van der Waals surface area contributed by atoms with E-state index in [1.165, 1.54) is 0 Å². The third kappa shape index (κ3) is 3.60. The molecule has 0 saturated carbocycles. The van der Waals surface area contributed by atoms with Crippen LogP contribution in [0.3, 0.4) is 0 Å². The molecular weight excluding hydrogens is 260 g/mol. The van der Waals surface area contributed by atoms with Crippen molar-refractivity contribution in [3.05, 3.63) is 76.7 Å². The maximum absolute atomic E-state index is 12.1. The minimum Gasteiger partial charge on any atom is -0.456 e. The van der Waals surface area contributed by atoms with Gasteiger partial charge in [-0.1, -0.05) is 56.4 Å². The molecule has 0 atom stereocenters. The van der Waals surface area contributed by atoms with Crippen LogP contribution in [-0.2, 0) is 0 Å². The summed E-state index contributed by atoms with van der Waals surface area (Å²) in [6.45, 7) is 4.00. The van der Waals surface area contributed by atoms with Crippen molar-refractivity contribution in [2.45, 2.75) is 26.7 Å². The van der Waals surface area contributed by atoms with Crippen LogP contribution >= 0.6 is 0 Å². The van der Waals surface area contributed by atoms with E-state index in [4.69, 9.17) is 4.42 Å². The predicted octanol–water partition coefficient (Wildman–Crippen LogP) is 5.11. The Hall–Kier alpha value is -2.35. The van der Waals surface area contributed by atoms with Crippen LogP contribution in [0.5, 0.6) is 0 Å². The van der Waals surface area contributed by atoms with E-state index >= 15 is 0 Å². The molecule has 0 bridgehead atoms. The van der Waals surface area contributed by atoms with Crippen molar-refractivity contribution in [1.29, 1.82) is 0 Å². The molecule has 0 N–H and O–H groups in total. The third-order valence-corrected chi connectivity index (χ3v) is 3.17. The number of para-hydroxylation sites is 1. The SMILES string of the molecule is CC.O=c1cc(/C2=C/C/C=C\C=CC2)oc2ccccc12. The van der Waals surface area contributed by atoms with Gasteiger partial charge in [0.2, 0.25) is 0 Å². The van der Waals surface area contributed by atoms with Gasteiger partial charge in [-0.15, -0.1) is 0 Å². The normalized spacial score (nSPS) is 17.9. The molecule has 0 aliphatic heterocycles. The van der Waals surface area contributed by atoms with Gasteiger partial charge in [-0.2, -0.15) is 0 Å². The molecule has 2 nitrogen and oxygen atoms in total. The van der Waals surface area contributed by atoms with Crippen LogP contribution in [0.1, 0.15) is 32.4 Å². The Morgan fingerprint density at radius 3 is 2.67 bits per heavy atom. The molecule has 0 fully saturated rings. The molecular formula is C19H20O2. The van der Waals surface area contributed by atoms with Crippen LogP contribution in [0.4, 0.5) is 0 Å². The molecule has 0 radical (unpaired) electrons. The van der Waals surface area contributed by atoms with Crippen molar-refractivity contribution in [2.75, 3.05) is 0 Å². The largest absolute Gasteiger partial charge is 0.456 e. The van der Waals surface area contributed by atoms with E-state index in [9.17, 15) is 4.79 Å². The lowest BCUT2D eigenvalue weighted by molar-refractivity contribution is 0.584. The van der Waals surface area contributed by atoms with E-state index < -0.39 is 0 Å². The van der Waals surface area contributed by atoms with Gasteiger partial charge in [0, 0.05) is 6.07 Å². The highest BCUT2D eigenvalue weighted by Crippen LogP contribution is 2.23. The van der Waals surface area contributed by atoms with Crippen molar-refractivity contribution in [2.24, 2.45) is 0 Å². The smallest absolute Gasteiger partial charge is 0.193 e. The lowest BCUT2D eigenvalue weighted by atomic mass is 10.0. The number of allylic oxidation sites excluding steroid dienone is 6. The monoisotopic (exact) mass is 280 g/mol. The zero-order valence-corrected chi connectivity index (χ0v) is 12.5. The quantitative estimate of drug-likeness (QED) is 0.726. The van der Waals surface area contributed by atoms with Gasteiger partial charge in [0.25, 0.3) is 0 Å². The van der Waals surface area contributed by atoms with Crippen molar-refractivity contribution >= 4 is 16.5 Å². The number of benzene rings is 1. The molecule has 2 aromatic rings. The molecule has 1 heterocycles. The highest BCUT2D eigenvalue weighted by Gasteiger charge is 2.08. The Morgan fingerprint density at radius 2 is 1.81 bits per heavy atom. The van der Waals surface area contributed by atoms with E-state index in [0.717, 1.165) is 18.4 Å². The molecule has 21 heavy (non-hydrogen) atoms. The number of rotatable bonds is 1. The molecule has 0 amide bonds. The van der Waals surface area contributed by atoms with Gasteiger partial charge in [-0.05, 0) is 30.5 Å². The summed E-state index contributed by atoms with van der Waals surface area (Å²) >= 11 is 0. The molecule has 108 valence electrons. The fourth-order valence-corrected chi connectivity index (χ4v) is 2.19. The van der Waals surface area contributed by atoms with E-state index in [1.54, 1.807) is 12.1 Å². The van der Waals surface area contributed by atoms with Gasteiger partial charge in [0.15, 0.2) is 5.43 Å². The molecule has 3 rings (SSSR count). The first-order valence-electron chi connectivity index (χ1n) is 7.38. The van der Waals surface area contributed by atoms with E-state index in [0.29, 0.717) is 16.7 Å². The number of hydrogen-bond donors (Lipinski definition) is 0. The van der Waals surface area contributed by atoms with Gasteiger partial charge in [0.1, 0.15) is 11.3 Å². The topological polar surface area (TPSA) is 30.2 Å². The summed E-state index contributed by atoms with van der Waals surface area (Å²) in [4.78, 5) is 12.1. The summed E-state index contributed by atoms with van der Waals surface area (Å²) in [7, 11) is 0. The Bertz CT molecular complexity index is 745. The molecule has 0 unspecified atom stereocenters. The zero-order chi connectivity index (χ0) is 15.1. The van der Waals surface area contributed by atoms with Gasteiger partial charge in [-0.3, -0.25) is 4.79 Å². The fraction of sp³-hybridized carbons (Fsp3) is 0.211. The fourth-order valence-electron chi connectivity index (χ4n) is 2.19. The van der Waals surface area contributed by atoms with E-state index in [2.05, 4.69) is 18.2 Å². The van der Waals surface area contributed by atoms with Crippen LogP contribution in [-0.4, -0.2) is 0 Å². The minimum atomic E-state index is 0.0133. The summed E-state index contributed by atoms with van der Waals surface area (Å²) in [5, 5.41) is 0.633. The van der Waals surface area contributed by atoms with Crippen LogP contribution < -0.4 is 5.43 Å². The summed E-state index contributed by atoms with van der Waals surface area (Å²) in [6, 6.07) is 8.94. The van der Waals surface area contributed by atoms with Crippen LogP contribution in [0.2, 0.25) is 0 Å². The highest BCUT2D eigenvalue weighted by molar-refractivity contribution is 5.78. The first-order valence-corrected chi connectivity index (χ1v) is 7.38. The lowest BCUT2D eigenvalue weighted by Gasteiger charge is -2.06. The van der Waals surface area contributed by atoms with Crippen LogP contribution in [0.15, 0.2) is 69.9 Å². The Labute approximate surface area is 125 Å². The first-order chi connectivity index (χ1) is 10.3. The first kappa shape index (κ1) is 15.0. The zero-order valence-electron chi connectivity index (χ0n) is 12.5. The van der Waals surface area contributed by atoms with Crippen molar-refractivity contribution in [3.63, 3.8) is 0 Å². The van der Waals surface area contributed by atoms with Gasteiger partial charge < -0.3 is 4.42 Å². The average molecular weight is 280 g/mol. The van der Waals surface area contributed by atoms with E-state index in [1.807, 2.05) is 44.2 Å². The molecule has 1 aromatic carbocycles. The van der Waals surface area contributed by atoms with Gasteiger partial charge in [-0.25, -0.2) is 0 Å². The Balaban J connectivity index is 0.000000774. The predicted molar refractivity (Wildman–Crippen MR) is 89.3 cm³/mol.